The standard InChI is InChI=1S/C15H12FNO3/c16-12-7-3-2-6-11(12)15(20)17-13-8-4-1-5-10(13)9-14(18)19/h1-8H,9H2,(H,17,20)(H,18,19). The van der Waals surface area contributed by atoms with Gasteiger partial charge in [0.2, 0.25) is 0 Å². The summed E-state index contributed by atoms with van der Waals surface area (Å²) in [5, 5.41) is 11.3. The first kappa shape index (κ1) is 13.7. The second-order valence-electron chi connectivity index (χ2n) is 4.16. The highest BCUT2D eigenvalue weighted by atomic mass is 19.1. The Morgan fingerprint density at radius 3 is 2.40 bits per heavy atom. The number of amides is 1. The Balaban J connectivity index is 2.24. The van der Waals surface area contributed by atoms with E-state index in [9.17, 15) is 14.0 Å². The smallest absolute Gasteiger partial charge is 0.307 e. The van der Waals surface area contributed by atoms with Crippen molar-refractivity contribution in [3.63, 3.8) is 0 Å². The molecule has 2 aromatic carbocycles. The SMILES string of the molecule is O=C(O)Cc1ccccc1NC(=O)c1ccccc1F. The molecule has 102 valence electrons. The fraction of sp³-hybridized carbons (Fsp3) is 0.0667. The highest BCUT2D eigenvalue weighted by Crippen LogP contribution is 2.17. The number of carboxylic acid groups (broad SMARTS) is 1. The minimum atomic E-state index is -1.00. The molecule has 0 atom stereocenters. The van der Waals surface area contributed by atoms with Crippen molar-refractivity contribution < 1.29 is 19.1 Å². The average molecular weight is 273 g/mol. The highest BCUT2D eigenvalue weighted by molar-refractivity contribution is 6.05. The van der Waals surface area contributed by atoms with Gasteiger partial charge in [0.25, 0.3) is 5.91 Å². The van der Waals surface area contributed by atoms with Crippen LogP contribution in [0.1, 0.15) is 15.9 Å². The number of benzene rings is 2. The Bertz CT molecular complexity index is 655. The van der Waals surface area contributed by atoms with Crippen LogP contribution in [-0.2, 0) is 11.2 Å². The lowest BCUT2D eigenvalue weighted by atomic mass is 10.1. The molecule has 0 saturated heterocycles. The maximum Gasteiger partial charge on any atom is 0.307 e. The van der Waals surface area contributed by atoms with Crippen molar-refractivity contribution in [1.82, 2.24) is 0 Å². The zero-order chi connectivity index (χ0) is 14.5. The summed E-state index contributed by atoms with van der Waals surface area (Å²) in [5.74, 6) is -2.24. The number of anilines is 1. The van der Waals surface area contributed by atoms with Crippen LogP contribution in [0, 0.1) is 5.82 Å². The predicted molar refractivity (Wildman–Crippen MR) is 72.1 cm³/mol. The molecule has 1 amide bonds. The van der Waals surface area contributed by atoms with Crippen molar-refractivity contribution in [3.8, 4) is 0 Å². The van der Waals surface area contributed by atoms with E-state index in [1.165, 1.54) is 18.2 Å². The van der Waals surface area contributed by atoms with Gasteiger partial charge in [-0.1, -0.05) is 30.3 Å². The largest absolute Gasteiger partial charge is 0.481 e. The Hall–Kier alpha value is -2.69. The fourth-order valence-corrected chi connectivity index (χ4v) is 1.79. The van der Waals surface area contributed by atoms with Gasteiger partial charge >= 0.3 is 5.97 Å². The van der Waals surface area contributed by atoms with Gasteiger partial charge in [0.15, 0.2) is 0 Å². The van der Waals surface area contributed by atoms with Gasteiger partial charge in [0.05, 0.1) is 12.0 Å². The molecule has 0 saturated carbocycles. The molecule has 20 heavy (non-hydrogen) atoms. The van der Waals surface area contributed by atoms with E-state index in [0.29, 0.717) is 11.3 Å². The van der Waals surface area contributed by atoms with E-state index >= 15 is 0 Å². The summed E-state index contributed by atoms with van der Waals surface area (Å²) in [6.07, 6.45) is -0.215. The minimum absolute atomic E-state index is 0.0855. The summed E-state index contributed by atoms with van der Waals surface area (Å²) in [6, 6.07) is 12.1. The van der Waals surface area contributed by atoms with Crippen LogP contribution in [0.25, 0.3) is 0 Å². The fourth-order valence-electron chi connectivity index (χ4n) is 1.79. The monoisotopic (exact) mass is 273 g/mol. The topological polar surface area (TPSA) is 66.4 Å². The average Bonchev–Trinajstić information content (AvgIpc) is 2.41. The molecule has 2 N–H and O–H groups in total. The summed E-state index contributed by atoms with van der Waals surface area (Å²) in [7, 11) is 0. The Kier molecular flexibility index (Phi) is 4.10. The zero-order valence-corrected chi connectivity index (χ0v) is 10.5. The molecule has 0 aliphatic rings. The van der Waals surface area contributed by atoms with E-state index in [1.54, 1.807) is 30.3 Å². The van der Waals surface area contributed by atoms with Crippen molar-refractivity contribution >= 4 is 17.6 Å². The number of aliphatic carboxylic acids is 1. The van der Waals surface area contributed by atoms with Crippen LogP contribution in [-0.4, -0.2) is 17.0 Å². The molecule has 4 nitrogen and oxygen atoms in total. The molecule has 2 rings (SSSR count). The molecule has 0 heterocycles. The van der Waals surface area contributed by atoms with Crippen molar-refractivity contribution in [1.29, 1.82) is 0 Å². The number of para-hydroxylation sites is 1. The zero-order valence-electron chi connectivity index (χ0n) is 10.5. The summed E-state index contributed by atoms with van der Waals surface area (Å²) in [6.45, 7) is 0. The summed E-state index contributed by atoms with van der Waals surface area (Å²) in [5.41, 5.74) is 0.741. The number of carbonyl (C=O) groups is 2. The van der Waals surface area contributed by atoms with Gasteiger partial charge in [-0.05, 0) is 23.8 Å². The normalized spacial score (nSPS) is 10.1. The van der Waals surface area contributed by atoms with Crippen molar-refractivity contribution in [2.45, 2.75) is 6.42 Å². The van der Waals surface area contributed by atoms with Crippen LogP contribution in [0.4, 0.5) is 10.1 Å². The van der Waals surface area contributed by atoms with Gasteiger partial charge < -0.3 is 10.4 Å². The number of rotatable bonds is 4. The summed E-state index contributed by atoms with van der Waals surface area (Å²) in [4.78, 5) is 22.7. The molecule has 0 unspecified atom stereocenters. The third-order valence-electron chi connectivity index (χ3n) is 2.73. The molecule has 5 heteroatoms. The molecular formula is C15H12FNO3. The van der Waals surface area contributed by atoms with Crippen LogP contribution in [0.15, 0.2) is 48.5 Å². The van der Waals surface area contributed by atoms with Crippen LogP contribution in [0.3, 0.4) is 0 Å². The number of carbonyl (C=O) groups excluding carboxylic acids is 1. The van der Waals surface area contributed by atoms with E-state index in [1.807, 2.05) is 0 Å². The number of hydrogen-bond acceptors (Lipinski definition) is 2. The van der Waals surface area contributed by atoms with Gasteiger partial charge in [0, 0.05) is 5.69 Å². The predicted octanol–water partition coefficient (Wildman–Crippen LogP) is 2.71. The maximum absolute atomic E-state index is 13.5. The lowest BCUT2D eigenvalue weighted by molar-refractivity contribution is -0.136. The van der Waals surface area contributed by atoms with E-state index in [4.69, 9.17) is 5.11 Å². The Labute approximate surface area is 114 Å². The van der Waals surface area contributed by atoms with Crippen molar-refractivity contribution in [2.24, 2.45) is 0 Å². The van der Waals surface area contributed by atoms with Gasteiger partial charge in [-0.25, -0.2) is 4.39 Å². The van der Waals surface area contributed by atoms with E-state index in [-0.39, 0.29) is 12.0 Å². The first-order chi connectivity index (χ1) is 9.58. The maximum atomic E-state index is 13.5. The number of halogens is 1. The molecule has 0 fully saturated rings. The van der Waals surface area contributed by atoms with Crippen LogP contribution in [0.5, 0.6) is 0 Å². The van der Waals surface area contributed by atoms with Gasteiger partial charge in [-0.3, -0.25) is 9.59 Å². The summed E-state index contributed by atoms with van der Waals surface area (Å²) >= 11 is 0. The molecule has 0 bridgehead atoms. The van der Waals surface area contributed by atoms with Crippen molar-refractivity contribution in [3.05, 3.63) is 65.5 Å². The van der Waals surface area contributed by atoms with E-state index in [0.717, 1.165) is 0 Å². The van der Waals surface area contributed by atoms with E-state index < -0.39 is 17.7 Å². The highest BCUT2D eigenvalue weighted by Gasteiger charge is 2.13. The molecule has 0 aliphatic carbocycles. The minimum Gasteiger partial charge on any atom is -0.481 e. The Morgan fingerprint density at radius 1 is 1.05 bits per heavy atom. The van der Waals surface area contributed by atoms with Crippen LogP contribution < -0.4 is 5.32 Å². The third-order valence-corrected chi connectivity index (χ3v) is 2.73. The third kappa shape index (κ3) is 3.20. The number of nitrogens with one attached hydrogen (secondary N) is 1. The first-order valence-electron chi connectivity index (χ1n) is 5.93. The molecule has 2 aromatic rings. The second-order valence-corrected chi connectivity index (χ2v) is 4.16. The second kappa shape index (κ2) is 5.97. The van der Waals surface area contributed by atoms with Crippen LogP contribution >= 0.6 is 0 Å². The summed E-state index contributed by atoms with van der Waals surface area (Å²) < 4.78 is 13.5. The quantitative estimate of drug-likeness (QED) is 0.900. The van der Waals surface area contributed by atoms with E-state index in [2.05, 4.69) is 5.32 Å². The van der Waals surface area contributed by atoms with Crippen LogP contribution in [0.2, 0.25) is 0 Å². The first-order valence-corrected chi connectivity index (χ1v) is 5.93. The molecule has 0 radical (unpaired) electrons. The number of hydrogen-bond donors (Lipinski definition) is 2. The molecule has 0 aliphatic heterocycles. The van der Waals surface area contributed by atoms with Gasteiger partial charge in [-0.2, -0.15) is 0 Å². The number of carboxylic acids is 1. The Morgan fingerprint density at radius 2 is 1.70 bits per heavy atom. The molecule has 0 aromatic heterocycles. The van der Waals surface area contributed by atoms with Gasteiger partial charge in [-0.15, -0.1) is 0 Å². The lowest BCUT2D eigenvalue weighted by Crippen LogP contribution is -2.15. The molecular weight excluding hydrogens is 261 g/mol. The van der Waals surface area contributed by atoms with Crippen molar-refractivity contribution in [2.75, 3.05) is 5.32 Å². The lowest BCUT2D eigenvalue weighted by Gasteiger charge is -2.10. The van der Waals surface area contributed by atoms with Gasteiger partial charge in [0.1, 0.15) is 5.82 Å². The molecule has 0 spiro atoms.